The number of nitrogens with two attached hydrogens (primary N) is 1. The summed E-state index contributed by atoms with van der Waals surface area (Å²) in [6.45, 7) is 0.912. The maximum absolute atomic E-state index is 12.5. The van der Waals surface area contributed by atoms with Crippen molar-refractivity contribution in [3.8, 4) is 0 Å². The summed E-state index contributed by atoms with van der Waals surface area (Å²) in [5.74, 6) is -0.726. The van der Waals surface area contributed by atoms with Crippen LogP contribution in [-0.4, -0.2) is 41.0 Å². The molecule has 0 heterocycles. The molecule has 0 bridgehead atoms. The molecule has 5 heteroatoms. The molecule has 1 amide bonds. The average Bonchev–Trinajstić information content (AvgIpc) is 3.24. The van der Waals surface area contributed by atoms with Crippen molar-refractivity contribution in [3.63, 3.8) is 0 Å². The Morgan fingerprint density at radius 2 is 1.85 bits per heavy atom. The SMILES string of the molecule is NCC1(CC(=O)N(CCC(=O)O)C2CC2)CCCCC1. The highest BCUT2D eigenvalue weighted by atomic mass is 16.4. The molecular formula is C15H26N2O3. The van der Waals surface area contributed by atoms with Gasteiger partial charge in [0.2, 0.25) is 5.91 Å². The molecule has 114 valence electrons. The number of nitrogens with zero attached hydrogens (tertiary/aromatic N) is 1. The Kier molecular flexibility index (Phi) is 5.02. The molecule has 2 aliphatic carbocycles. The third-order valence-corrected chi connectivity index (χ3v) is 4.75. The molecule has 0 spiro atoms. The van der Waals surface area contributed by atoms with Crippen molar-refractivity contribution in [3.05, 3.63) is 0 Å². The molecule has 0 saturated heterocycles. The van der Waals surface area contributed by atoms with Crippen molar-refractivity contribution >= 4 is 11.9 Å². The maximum Gasteiger partial charge on any atom is 0.305 e. The van der Waals surface area contributed by atoms with Crippen LogP contribution in [0.1, 0.15) is 57.8 Å². The lowest BCUT2D eigenvalue weighted by molar-refractivity contribution is -0.139. The first-order valence-corrected chi connectivity index (χ1v) is 7.78. The standard InChI is InChI=1S/C15H26N2O3/c16-11-15(7-2-1-3-8-15)10-13(18)17(12-4-5-12)9-6-14(19)20/h12H,1-11,16H2,(H,19,20). The van der Waals surface area contributed by atoms with Crippen LogP contribution in [0.4, 0.5) is 0 Å². The van der Waals surface area contributed by atoms with E-state index < -0.39 is 5.97 Å². The summed E-state index contributed by atoms with van der Waals surface area (Å²) < 4.78 is 0. The summed E-state index contributed by atoms with van der Waals surface area (Å²) in [7, 11) is 0. The number of amides is 1. The van der Waals surface area contributed by atoms with Crippen molar-refractivity contribution in [2.75, 3.05) is 13.1 Å². The number of hydrogen-bond acceptors (Lipinski definition) is 3. The molecular weight excluding hydrogens is 256 g/mol. The summed E-state index contributed by atoms with van der Waals surface area (Å²) in [4.78, 5) is 25.1. The second-order valence-electron chi connectivity index (χ2n) is 6.40. The lowest BCUT2D eigenvalue weighted by atomic mass is 9.71. The van der Waals surface area contributed by atoms with E-state index in [2.05, 4.69) is 0 Å². The molecule has 0 aromatic heterocycles. The van der Waals surface area contributed by atoms with E-state index in [0.29, 0.717) is 19.5 Å². The quantitative estimate of drug-likeness (QED) is 0.745. The Morgan fingerprint density at radius 3 is 2.35 bits per heavy atom. The Morgan fingerprint density at radius 1 is 1.20 bits per heavy atom. The minimum atomic E-state index is -0.838. The molecule has 2 fully saturated rings. The van der Waals surface area contributed by atoms with Crippen LogP contribution >= 0.6 is 0 Å². The van der Waals surface area contributed by atoms with Gasteiger partial charge in [0.25, 0.3) is 0 Å². The van der Waals surface area contributed by atoms with E-state index in [-0.39, 0.29) is 23.8 Å². The predicted molar refractivity (Wildman–Crippen MR) is 76.2 cm³/mol. The van der Waals surface area contributed by atoms with Gasteiger partial charge in [0.1, 0.15) is 0 Å². The van der Waals surface area contributed by atoms with Crippen molar-refractivity contribution in [1.29, 1.82) is 0 Å². The fraction of sp³-hybridized carbons (Fsp3) is 0.867. The predicted octanol–water partition coefficient (Wildman–Crippen LogP) is 1.75. The molecule has 0 aromatic rings. The van der Waals surface area contributed by atoms with Crippen LogP contribution in [0.25, 0.3) is 0 Å². The number of carboxylic acid groups (broad SMARTS) is 1. The number of hydrogen-bond donors (Lipinski definition) is 2. The van der Waals surface area contributed by atoms with Gasteiger partial charge in [-0.2, -0.15) is 0 Å². The Bertz CT molecular complexity index is 360. The van der Waals surface area contributed by atoms with E-state index in [9.17, 15) is 9.59 Å². The lowest BCUT2D eigenvalue weighted by Crippen LogP contribution is -2.42. The van der Waals surface area contributed by atoms with Gasteiger partial charge >= 0.3 is 5.97 Å². The van der Waals surface area contributed by atoms with Gasteiger partial charge in [0.05, 0.1) is 6.42 Å². The molecule has 0 unspecified atom stereocenters. The molecule has 0 aliphatic heterocycles. The number of carbonyl (C=O) groups is 2. The van der Waals surface area contributed by atoms with E-state index >= 15 is 0 Å². The van der Waals surface area contributed by atoms with Gasteiger partial charge in [0.15, 0.2) is 0 Å². The zero-order chi connectivity index (χ0) is 14.6. The highest BCUT2D eigenvalue weighted by Crippen LogP contribution is 2.39. The first-order chi connectivity index (χ1) is 9.56. The van der Waals surface area contributed by atoms with Crippen molar-refractivity contribution in [2.45, 2.75) is 63.8 Å². The number of rotatable bonds is 7. The fourth-order valence-corrected chi connectivity index (χ4v) is 3.29. The minimum Gasteiger partial charge on any atom is -0.481 e. The second kappa shape index (κ2) is 6.57. The van der Waals surface area contributed by atoms with E-state index in [1.165, 1.54) is 6.42 Å². The molecule has 20 heavy (non-hydrogen) atoms. The van der Waals surface area contributed by atoms with Gasteiger partial charge in [-0.25, -0.2) is 0 Å². The topological polar surface area (TPSA) is 83.6 Å². The van der Waals surface area contributed by atoms with Gasteiger partial charge in [-0.05, 0) is 37.6 Å². The molecule has 2 aliphatic rings. The monoisotopic (exact) mass is 282 g/mol. The van der Waals surface area contributed by atoms with Crippen LogP contribution in [0.15, 0.2) is 0 Å². The molecule has 2 saturated carbocycles. The minimum absolute atomic E-state index is 0.0360. The van der Waals surface area contributed by atoms with Gasteiger partial charge in [0, 0.05) is 19.0 Å². The van der Waals surface area contributed by atoms with E-state index in [0.717, 1.165) is 38.5 Å². The van der Waals surface area contributed by atoms with E-state index in [1.807, 2.05) is 0 Å². The van der Waals surface area contributed by atoms with Gasteiger partial charge in [-0.1, -0.05) is 19.3 Å². The van der Waals surface area contributed by atoms with Gasteiger partial charge in [-0.15, -0.1) is 0 Å². The first kappa shape index (κ1) is 15.3. The summed E-state index contributed by atoms with van der Waals surface area (Å²) in [5.41, 5.74) is 5.90. The number of carboxylic acids is 1. The highest BCUT2D eigenvalue weighted by Gasteiger charge is 2.38. The molecule has 0 atom stereocenters. The van der Waals surface area contributed by atoms with E-state index in [4.69, 9.17) is 10.8 Å². The smallest absolute Gasteiger partial charge is 0.305 e. The number of aliphatic carboxylic acids is 1. The molecule has 0 radical (unpaired) electrons. The van der Waals surface area contributed by atoms with Crippen LogP contribution in [0.5, 0.6) is 0 Å². The number of carbonyl (C=O) groups excluding carboxylic acids is 1. The highest BCUT2D eigenvalue weighted by molar-refractivity contribution is 5.78. The molecule has 3 N–H and O–H groups in total. The zero-order valence-electron chi connectivity index (χ0n) is 12.1. The van der Waals surface area contributed by atoms with Crippen LogP contribution in [0, 0.1) is 5.41 Å². The Hall–Kier alpha value is -1.10. The van der Waals surface area contributed by atoms with Gasteiger partial charge < -0.3 is 15.7 Å². The van der Waals surface area contributed by atoms with Crippen molar-refractivity contribution in [1.82, 2.24) is 4.90 Å². The average molecular weight is 282 g/mol. The van der Waals surface area contributed by atoms with Gasteiger partial charge in [-0.3, -0.25) is 9.59 Å². The van der Waals surface area contributed by atoms with Crippen LogP contribution < -0.4 is 5.73 Å². The second-order valence-corrected chi connectivity index (χ2v) is 6.40. The zero-order valence-corrected chi connectivity index (χ0v) is 12.1. The summed E-state index contributed by atoms with van der Waals surface area (Å²) in [6.07, 6.45) is 8.19. The Labute approximate surface area is 120 Å². The normalized spacial score (nSPS) is 21.4. The summed E-state index contributed by atoms with van der Waals surface area (Å²) >= 11 is 0. The first-order valence-electron chi connectivity index (χ1n) is 7.78. The van der Waals surface area contributed by atoms with Crippen LogP contribution in [0.3, 0.4) is 0 Å². The largest absolute Gasteiger partial charge is 0.481 e. The third-order valence-electron chi connectivity index (χ3n) is 4.75. The molecule has 0 aromatic carbocycles. The third kappa shape index (κ3) is 3.95. The fourth-order valence-electron chi connectivity index (χ4n) is 3.29. The lowest BCUT2D eigenvalue weighted by Gasteiger charge is -2.37. The maximum atomic E-state index is 12.5. The summed E-state index contributed by atoms with van der Waals surface area (Å²) in [6, 6.07) is 0.278. The molecule has 2 rings (SSSR count). The van der Waals surface area contributed by atoms with Crippen molar-refractivity contribution < 1.29 is 14.7 Å². The Balaban J connectivity index is 1.94. The summed E-state index contributed by atoms with van der Waals surface area (Å²) in [5, 5.41) is 8.81. The van der Waals surface area contributed by atoms with Crippen molar-refractivity contribution in [2.24, 2.45) is 11.1 Å². The van der Waals surface area contributed by atoms with E-state index in [1.54, 1.807) is 4.90 Å². The van der Waals surface area contributed by atoms with Crippen LogP contribution in [0.2, 0.25) is 0 Å². The van der Waals surface area contributed by atoms with Crippen LogP contribution in [-0.2, 0) is 9.59 Å². The molecule has 5 nitrogen and oxygen atoms in total.